The van der Waals surface area contributed by atoms with Gasteiger partial charge in [0.05, 0.1) is 19.0 Å². The minimum absolute atomic E-state index is 0.0550. The number of alkyl halides is 2. The molecule has 0 saturated carbocycles. The number of halogens is 2. The highest BCUT2D eigenvalue weighted by molar-refractivity contribution is 6.09. The van der Waals surface area contributed by atoms with Gasteiger partial charge < -0.3 is 29.3 Å². The summed E-state index contributed by atoms with van der Waals surface area (Å²) in [6.07, 6.45) is 5.75. The molecule has 0 bridgehead atoms. The number of rotatable bonds is 11. The van der Waals surface area contributed by atoms with Crippen molar-refractivity contribution in [3.8, 4) is 17.4 Å². The van der Waals surface area contributed by atoms with Crippen molar-refractivity contribution in [2.45, 2.75) is 26.1 Å². The molecule has 11 nitrogen and oxygen atoms in total. The third-order valence-corrected chi connectivity index (χ3v) is 4.94. The highest BCUT2D eigenvalue weighted by atomic mass is 19.3. The second kappa shape index (κ2) is 12.7. The normalized spacial score (nSPS) is 13.7. The third kappa shape index (κ3) is 8.49. The van der Waals surface area contributed by atoms with E-state index in [1.165, 1.54) is 43.6 Å². The van der Waals surface area contributed by atoms with E-state index in [9.17, 15) is 18.4 Å². The molecule has 0 spiro atoms. The molecule has 1 aliphatic rings. The molecule has 1 aliphatic heterocycles. The molecule has 1 saturated heterocycles. The van der Waals surface area contributed by atoms with Crippen molar-refractivity contribution in [3.05, 3.63) is 54.1 Å². The van der Waals surface area contributed by atoms with Crippen LogP contribution in [-0.2, 0) is 4.74 Å². The summed E-state index contributed by atoms with van der Waals surface area (Å²) in [5.41, 5.74) is 0.261. The number of amides is 2. The van der Waals surface area contributed by atoms with E-state index in [4.69, 9.17) is 14.9 Å². The Kier molecular flexibility index (Phi) is 9.44. The van der Waals surface area contributed by atoms with E-state index in [-0.39, 0.29) is 47.0 Å². The molecule has 2 amide bonds. The SMILES string of the molecule is C[C@@H](COC(F)F)Oc1cc(Oc2cnc(C(=O)N3CCC3)cn2)cc(C(=O)NC(=N)/C=C\N(C)C)c1. The number of carbonyl (C=O) groups is 2. The lowest BCUT2D eigenvalue weighted by atomic mass is 10.2. The van der Waals surface area contributed by atoms with Gasteiger partial charge in [0.25, 0.3) is 11.8 Å². The number of likely N-dealkylation sites (tertiary alicyclic amines) is 1. The van der Waals surface area contributed by atoms with E-state index < -0.39 is 18.6 Å². The lowest BCUT2D eigenvalue weighted by molar-refractivity contribution is -0.142. The molecule has 1 fully saturated rings. The van der Waals surface area contributed by atoms with Gasteiger partial charge in [0.2, 0.25) is 5.88 Å². The van der Waals surface area contributed by atoms with Gasteiger partial charge in [-0.25, -0.2) is 9.97 Å². The number of ether oxygens (including phenoxy) is 3. The Morgan fingerprint density at radius 1 is 1.19 bits per heavy atom. The molecule has 3 rings (SSSR count). The minimum Gasteiger partial charge on any atom is -0.488 e. The summed E-state index contributed by atoms with van der Waals surface area (Å²) in [4.78, 5) is 36.6. The lowest BCUT2D eigenvalue weighted by Gasteiger charge is -2.30. The molecule has 0 radical (unpaired) electrons. The Morgan fingerprint density at radius 2 is 1.92 bits per heavy atom. The first-order valence-electron chi connectivity index (χ1n) is 11.4. The molecular weight excluding hydrogens is 490 g/mol. The average molecular weight is 519 g/mol. The molecule has 198 valence electrons. The van der Waals surface area contributed by atoms with Gasteiger partial charge in [-0.3, -0.25) is 15.0 Å². The van der Waals surface area contributed by atoms with Crippen molar-refractivity contribution in [1.82, 2.24) is 25.1 Å². The van der Waals surface area contributed by atoms with Crippen LogP contribution >= 0.6 is 0 Å². The summed E-state index contributed by atoms with van der Waals surface area (Å²) < 4.78 is 40.4. The number of hydrogen-bond donors (Lipinski definition) is 2. The van der Waals surface area contributed by atoms with E-state index >= 15 is 0 Å². The summed E-state index contributed by atoms with van der Waals surface area (Å²) in [5.74, 6) is -0.664. The van der Waals surface area contributed by atoms with E-state index in [0.717, 1.165) is 6.42 Å². The molecular formula is C24H28F2N6O5. The molecule has 0 unspecified atom stereocenters. The summed E-state index contributed by atoms with van der Waals surface area (Å²) >= 11 is 0. The maximum atomic E-state index is 12.8. The molecule has 1 aromatic heterocycles. The highest BCUT2D eigenvalue weighted by Crippen LogP contribution is 2.27. The molecule has 1 aromatic carbocycles. The number of nitrogens with zero attached hydrogens (tertiary/aromatic N) is 4. The van der Waals surface area contributed by atoms with E-state index in [2.05, 4.69) is 20.0 Å². The van der Waals surface area contributed by atoms with Crippen LogP contribution < -0.4 is 14.8 Å². The largest absolute Gasteiger partial charge is 0.488 e. The molecule has 2 N–H and O–H groups in total. The zero-order chi connectivity index (χ0) is 26.9. The van der Waals surface area contributed by atoms with Crippen LogP contribution in [0.4, 0.5) is 8.78 Å². The van der Waals surface area contributed by atoms with Gasteiger partial charge in [0, 0.05) is 45.0 Å². The van der Waals surface area contributed by atoms with Crippen LogP contribution in [0.15, 0.2) is 42.9 Å². The number of aromatic nitrogens is 2. The molecule has 0 aliphatic carbocycles. The maximum absolute atomic E-state index is 12.8. The second-order valence-electron chi connectivity index (χ2n) is 8.35. The van der Waals surface area contributed by atoms with E-state index in [1.54, 1.807) is 30.1 Å². The van der Waals surface area contributed by atoms with Crippen LogP contribution in [0.25, 0.3) is 0 Å². The summed E-state index contributed by atoms with van der Waals surface area (Å²) in [5, 5.41) is 10.3. The summed E-state index contributed by atoms with van der Waals surface area (Å²) in [7, 11) is 3.54. The lowest BCUT2D eigenvalue weighted by Crippen LogP contribution is -2.42. The van der Waals surface area contributed by atoms with Crippen LogP contribution in [-0.4, -0.2) is 83.9 Å². The van der Waals surface area contributed by atoms with Crippen molar-refractivity contribution in [2.75, 3.05) is 33.8 Å². The third-order valence-electron chi connectivity index (χ3n) is 4.94. The Balaban J connectivity index is 1.78. The fourth-order valence-corrected chi connectivity index (χ4v) is 3.05. The Hall–Kier alpha value is -4.13. The first-order chi connectivity index (χ1) is 17.6. The van der Waals surface area contributed by atoms with Crippen LogP contribution in [0.5, 0.6) is 17.4 Å². The van der Waals surface area contributed by atoms with E-state index in [1.807, 2.05) is 0 Å². The topological polar surface area (TPSA) is 130 Å². The van der Waals surface area contributed by atoms with Gasteiger partial charge in [-0.1, -0.05) is 0 Å². The summed E-state index contributed by atoms with van der Waals surface area (Å²) in [6, 6.07) is 4.21. The maximum Gasteiger partial charge on any atom is 0.345 e. The number of hydrogen-bond acceptors (Lipinski definition) is 9. The van der Waals surface area contributed by atoms with Gasteiger partial charge in [-0.05, 0) is 31.6 Å². The first kappa shape index (κ1) is 27.5. The zero-order valence-corrected chi connectivity index (χ0v) is 20.6. The van der Waals surface area contributed by atoms with Crippen LogP contribution in [0, 0.1) is 5.41 Å². The van der Waals surface area contributed by atoms with Crippen molar-refractivity contribution in [1.29, 1.82) is 5.41 Å². The van der Waals surface area contributed by atoms with Gasteiger partial charge in [0.15, 0.2) is 0 Å². The molecule has 13 heteroatoms. The fourth-order valence-electron chi connectivity index (χ4n) is 3.05. The molecule has 37 heavy (non-hydrogen) atoms. The predicted octanol–water partition coefficient (Wildman–Crippen LogP) is 2.90. The number of benzene rings is 1. The van der Waals surface area contributed by atoms with E-state index in [0.29, 0.717) is 13.1 Å². The molecule has 1 atom stereocenters. The predicted molar refractivity (Wildman–Crippen MR) is 129 cm³/mol. The quantitative estimate of drug-likeness (QED) is 0.343. The number of amidine groups is 1. The smallest absolute Gasteiger partial charge is 0.345 e. The standard InChI is InChI=1S/C24H28F2N6O5/c1-15(14-35-24(25)26)36-17-9-16(22(33)30-20(27)5-8-31(2)3)10-18(11-17)37-21-13-28-19(12-29-21)23(34)32-6-4-7-32/h5,8-13,15,24H,4,6-7,14H2,1-3H3,(H2,27,30,33)/b8-5-/t15-/m0/s1. The Bertz CT molecular complexity index is 1140. The van der Waals surface area contributed by atoms with Crippen molar-refractivity contribution >= 4 is 17.6 Å². The first-order valence-corrected chi connectivity index (χ1v) is 11.4. The van der Waals surface area contributed by atoms with Gasteiger partial charge in [0.1, 0.15) is 29.1 Å². The monoisotopic (exact) mass is 518 g/mol. The minimum atomic E-state index is -2.95. The zero-order valence-electron chi connectivity index (χ0n) is 20.6. The van der Waals surface area contributed by atoms with Crippen molar-refractivity contribution < 1.29 is 32.6 Å². The van der Waals surface area contributed by atoms with Gasteiger partial charge in [-0.15, -0.1) is 0 Å². The Morgan fingerprint density at radius 3 is 2.51 bits per heavy atom. The van der Waals surface area contributed by atoms with Gasteiger partial charge in [-0.2, -0.15) is 8.78 Å². The van der Waals surface area contributed by atoms with Crippen LogP contribution in [0.2, 0.25) is 0 Å². The average Bonchev–Trinajstić information content (AvgIpc) is 2.80. The number of nitrogens with one attached hydrogen (secondary N) is 2. The molecule has 2 heterocycles. The van der Waals surface area contributed by atoms with Crippen LogP contribution in [0.3, 0.4) is 0 Å². The Labute approximate surface area is 212 Å². The van der Waals surface area contributed by atoms with Crippen LogP contribution in [0.1, 0.15) is 34.2 Å². The molecule has 2 aromatic rings. The fraction of sp³-hybridized carbons (Fsp3) is 0.375. The van der Waals surface area contributed by atoms with Crippen molar-refractivity contribution in [3.63, 3.8) is 0 Å². The van der Waals surface area contributed by atoms with Crippen molar-refractivity contribution in [2.24, 2.45) is 0 Å². The van der Waals surface area contributed by atoms with Gasteiger partial charge >= 0.3 is 6.61 Å². The number of carbonyl (C=O) groups excluding carboxylic acids is 2. The summed E-state index contributed by atoms with van der Waals surface area (Å²) in [6.45, 7) is -0.448. The highest BCUT2D eigenvalue weighted by Gasteiger charge is 2.23. The second-order valence-corrected chi connectivity index (χ2v) is 8.35.